The first-order valence-electron chi connectivity index (χ1n) is 9.71. The Morgan fingerprint density at radius 3 is 2.48 bits per heavy atom. The zero-order valence-electron chi connectivity index (χ0n) is 17.4. The molecule has 0 unspecified atom stereocenters. The van der Waals surface area contributed by atoms with Crippen LogP contribution in [-0.4, -0.2) is 30.3 Å². The third-order valence-corrected chi connectivity index (χ3v) is 5.42. The third-order valence-electron chi connectivity index (χ3n) is 5.05. The molecule has 0 radical (unpaired) electrons. The Balaban J connectivity index is 1.64. The molecule has 4 aromatic rings. The predicted octanol–water partition coefficient (Wildman–Crippen LogP) is 5.37. The lowest BCUT2D eigenvalue weighted by Gasteiger charge is -2.08. The maximum atomic E-state index is 13.4. The number of aromatic nitrogens is 5. The van der Waals surface area contributed by atoms with Gasteiger partial charge in [0.15, 0.2) is 11.3 Å². The minimum absolute atomic E-state index is 0.256. The lowest BCUT2D eigenvalue weighted by Crippen LogP contribution is -2.14. The fraction of sp³-hybridized carbons (Fsp3) is 0.238. The molecule has 1 amide bonds. The highest BCUT2D eigenvalue weighted by atomic mass is 35.5. The van der Waals surface area contributed by atoms with Crippen molar-refractivity contribution in [1.82, 2.24) is 24.4 Å². The van der Waals surface area contributed by atoms with Crippen molar-refractivity contribution in [2.24, 2.45) is 0 Å². The molecule has 3 heterocycles. The summed E-state index contributed by atoms with van der Waals surface area (Å²) in [7, 11) is 0. The maximum absolute atomic E-state index is 13.4. The standard InChI is InChI=1S/C21H17ClF4N6O/c1-10-18(11(2)31(29-10)9-12-5-3-4-6-13(12)22)28-21(33)15-8-17-27-14(19(23)24)7-16(20(25)26)32(17)30-15/h3-8,19-20H,9H2,1-2H3,(H,28,33). The van der Waals surface area contributed by atoms with Gasteiger partial charge in [-0.1, -0.05) is 29.8 Å². The van der Waals surface area contributed by atoms with Gasteiger partial charge in [-0.2, -0.15) is 10.2 Å². The summed E-state index contributed by atoms with van der Waals surface area (Å²) in [5.74, 6) is -0.720. The van der Waals surface area contributed by atoms with Crippen molar-refractivity contribution < 1.29 is 22.4 Å². The highest BCUT2D eigenvalue weighted by molar-refractivity contribution is 6.31. The Bertz CT molecular complexity index is 1350. The molecule has 7 nitrogen and oxygen atoms in total. The van der Waals surface area contributed by atoms with Crippen LogP contribution in [-0.2, 0) is 6.54 Å². The van der Waals surface area contributed by atoms with Gasteiger partial charge in [0.25, 0.3) is 18.8 Å². The van der Waals surface area contributed by atoms with Crippen molar-refractivity contribution in [3.63, 3.8) is 0 Å². The molecule has 172 valence electrons. The lowest BCUT2D eigenvalue weighted by molar-refractivity contribution is 0.102. The van der Waals surface area contributed by atoms with E-state index in [-0.39, 0.29) is 11.3 Å². The number of nitrogens with one attached hydrogen (secondary N) is 1. The fourth-order valence-electron chi connectivity index (χ4n) is 3.39. The van der Waals surface area contributed by atoms with E-state index in [1.165, 1.54) is 0 Å². The topological polar surface area (TPSA) is 77.1 Å². The number of fused-ring (bicyclic) bond motifs is 1. The number of alkyl halides is 4. The Labute approximate surface area is 190 Å². The second-order valence-electron chi connectivity index (χ2n) is 7.26. The second kappa shape index (κ2) is 8.81. The summed E-state index contributed by atoms with van der Waals surface area (Å²) in [6, 6.07) is 8.92. The van der Waals surface area contributed by atoms with E-state index in [9.17, 15) is 22.4 Å². The second-order valence-corrected chi connectivity index (χ2v) is 7.66. The quantitative estimate of drug-likeness (QED) is 0.376. The molecule has 1 aromatic carbocycles. The highest BCUT2D eigenvalue weighted by Gasteiger charge is 2.23. The van der Waals surface area contributed by atoms with E-state index in [4.69, 9.17) is 11.6 Å². The van der Waals surface area contributed by atoms with E-state index in [2.05, 4.69) is 20.5 Å². The predicted molar refractivity (Wildman–Crippen MR) is 113 cm³/mol. The normalized spacial score (nSPS) is 11.7. The Morgan fingerprint density at radius 1 is 1.09 bits per heavy atom. The van der Waals surface area contributed by atoms with Crippen LogP contribution in [0.3, 0.4) is 0 Å². The van der Waals surface area contributed by atoms with E-state index in [1.807, 2.05) is 18.2 Å². The van der Waals surface area contributed by atoms with Gasteiger partial charge in [0.05, 0.1) is 23.6 Å². The van der Waals surface area contributed by atoms with Gasteiger partial charge in [-0.15, -0.1) is 0 Å². The van der Waals surface area contributed by atoms with Crippen LogP contribution in [0.15, 0.2) is 36.4 Å². The number of halogens is 5. The van der Waals surface area contributed by atoms with E-state index < -0.39 is 30.1 Å². The number of amides is 1. The van der Waals surface area contributed by atoms with Crippen LogP contribution in [0.25, 0.3) is 5.65 Å². The summed E-state index contributed by atoms with van der Waals surface area (Å²) in [5.41, 5.74) is 0.262. The molecule has 12 heteroatoms. The van der Waals surface area contributed by atoms with Gasteiger partial charge < -0.3 is 5.32 Å². The minimum atomic E-state index is -3.09. The van der Waals surface area contributed by atoms with Gasteiger partial charge in [0, 0.05) is 11.1 Å². The number of carbonyl (C=O) groups is 1. The van der Waals surface area contributed by atoms with Gasteiger partial charge >= 0.3 is 0 Å². The smallest absolute Gasteiger partial charge is 0.280 e. The molecule has 1 N–H and O–H groups in total. The Morgan fingerprint density at radius 2 is 1.82 bits per heavy atom. The van der Waals surface area contributed by atoms with Crippen molar-refractivity contribution in [2.45, 2.75) is 33.2 Å². The van der Waals surface area contributed by atoms with Crippen LogP contribution < -0.4 is 5.32 Å². The van der Waals surface area contributed by atoms with E-state index in [0.29, 0.717) is 39.2 Å². The van der Waals surface area contributed by atoms with Crippen LogP contribution in [0.2, 0.25) is 5.02 Å². The molecule has 3 aromatic heterocycles. The molecule has 0 atom stereocenters. The van der Waals surface area contributed by atoms with Gasteiger partial charge in [-0.3, -0.25) is 9.48 Å². The number of carbonyl (C=O) groups excluding carboxylic acids is 1. The van der Waals surface area contributed by atoms with Crippen molar-refractivity contribution in [2.75, 3.05) is 5.32 Å². The van der Waals surface area contributed by atoms with E-state index in [1.54, 1.807) is 24.6 Å². The lowest BCUT2D eigenvalue weighted by atomic mass is 10.2. The number of anilines is 1. The summed E-state index contributed by atoms with van der Waals surface area (Å²) in [6.45, 7) is 3.82. The van der Waals surface area contributed by atoms with Gasteiger partial charge in [-0.25, -0.2) is 27.1 Å². The molecule has 0 saturated carbocycles. The summed E-state index contributed by atoms with van der Waals surface area (Å²) < 4.78 is 55.1. The van der Waals surface area contributed by atoms with Crippen LogP contribution in [0, 0.1) is 13.8 Å². The van der Waals surface area contributed by atoms with Gasteiger partial charge in [-0.05, 0) is 31.5 Å². The first kappa shape index (κ1) is 22.7. The van der Waals surface area contributed by atoms with Crippen LogP contribution in [0.4, 0.5) is 23.2 Å². The molecular formula is C21H17ClF4N6O. The molecule has 33 heavy (non-hydrogen) atoms. The molecule has 0 aliphatic rings. The molecule has 0 aliphatic carbocycles. The average Bonchev–Trinajstić information content (AvgIpc) is 3.31. The van der Waals surface area contributed by atoms with Crippen LogP contribution in [0.1, 0.15) is 51.7 Å². The number of aryl methyl sites for hydroxylation is 1. The Hall–Kier alpha value is -3.47. The number of nitrogens with zero attached hydrogens (tertiary/aromatic N) is 5. The maximum Gasteiger partial charge on any atom is 0.280 e. The number of rotatable bonds is 6. The van der Waals surface area contributed by atoms with Crippen molar-refractivity contribution in [3.8, 4) is 0 Å². The Kier molecular flexibility index (Phi) is 6.07. The zero-order chi connectivity index (χ0) is 23.9. The first-order chi connectivity index (χ1) is 15.7. The summed E-state index contributed by atoms with van der Waals surface area (Å²) >= 11 is 6.21. The summed E-state index contributed by atoms with van der Waals surface area (Å²) in [5, 5.41) is 11.5. The number of hydrogen-bond acceptors (Lipinski definition) is 4. The molecule has 0 fully saturated rings. The van der Waals surface area contributed by atoms with Gasteiger partial charge in [0.1, 0.15) is 11.4 Å². The number of benzene rings is 1. The molecule has 0 bridgehead atoms. The average molecular weight is 481 g/mol. The summed E-state index contributed by atoms with van der Waals surface area (Å²) in [4.78, 5) is 16.4. The summed E-state index contributed by atoms with van der Waals surface area (Å²) in [6.07, 6.45) is -6.13. The van der Waals surface area contributed by atoms with Crippen LogP contribution in [0.5, 0.6) is 0 Å². The van der Waals surface area contributed by atoms with Crippen molar-refractivity contribution >= 4 is 28.8 Å². The van der Waals surface area contributed by atoms with Crippen LogP contribution >= 0.6 is 11.6 Å². The van der Waals surface area contributed by atoms with Crippen molar-refractivity contribution in [3.05, 3.63) is 75.5 Å². The molecule has 0 saturated heterocycles. The minimum Gasteiger partial charge on any atom is -0.317 e. The third kappa shape index (κ3) is 4.40. The van der Waals surface area contributed by atoms with E-state index >= 15 is 0 Å². The van der Waals surface area contributed by atoms with Gasteiger partial charge in [0.2, 0.25) is 0 Å². The fourth-order valence-corrected chi connectivity index (χ4v) is 3.59. The largest absolute Gasteiger partial charge is 0.317 e. The van der Waals surface area contributed by atoms with Crippen molar-refractivity contribution in [1.29, 1.82) is 0 Å². The number of hydrogen-bond donors (Lipinski definition) is 1. The van der Waals surface area contributed by atoms with E-state index in [0.717, 1.165) is 11.6 Å². The SMILES string of the molecule is Cc1nn(Cc2ccccc2Cl)c(C)c1NC(=O)c1cc2nc(C(F)F)cc(C(F)F)n2n1. The molecule has 0 spiro atoms. The molecule has 0 aliphatic heterocycles. The molecular weight excluding hydrogens is 464 g/mol. The molecule has 4 rings (SSSR count). The first-order valence-corrected chi connectivity index (χ1v) is 10.1. The monoisotopic (exact) mass is 480 g/mol. The zero-order valence-corrected chi connectivity index (χ0v) is 18.1. The highest BCUT2D eigenvalue weighted by Crippen LogP contribution is 2.27.